The van der Waals surface area contributed by atoms with Crippen LogP contribution in [0.4, 0.5) is 30.4 Å². The van der Waals surface area contributed by atoms with Crippen LogP contribution in [0, 0.1) is 0 Å². The Kier molecular flexibility index (Phi) is 6.76. The van der Waals surface area contributed by atoms with Crippen LogP contribution in [-0.2, 0) is 19.0 Å². The van der Waals surface area contributed by atoms with Crippen LogP contribution >= 0.6 is 24.8 Å². The van der Waals surface area contributed by atoms with Gasteiger partial charge in [-0.2, -0.15) is 13.2 Å². The van der Waals surface area contributed by atoms with Crippen molar-refractivity contribution in [2.24, 2.45) is 5.73 Å². The fourth-order valence-electron chi connectivity index (χ4n) is 3.88. The van der Waals surface area contributed by atoms with Gasteiger partial charge < -0.3 is 22.1 Å². The number of nitrogens with two attached hydrogens (primary N) is 3. The maximum absolute atomic E-state index is 13.0. The van der Waals surface area contributed by atoms with E-state index >= 15 is 0 Å². The average molecular weight is 451 g/mol. The summed E-state index contributed by atoms with van der Waals surface area (Å²) in [4.78, 5) is 11.4. The molecule has 160 valence electrons. The van der Waals surface area contributed by atoms with Gasteiger partial charge in [0.25, 0.3) is 0 Å². The molecule has 0 saturated carbocycles. The molecule has 0 radical (unpaired) electrons. The normalized spacial score (nSPS) is 18.2. The molecule has 6 N–H and O–H groups in total. The van der Waals surface area contributed by atoms with E-state index in [1.54, 1.807) is 0 Å². The number of halogens is 5. The molecule has 29 heavy (non-hydrogen) atoms. The zero-order valence-corrected chi connectivity index (χ0v) is 17.1. The summed E-state index contributed by atoms with van der Waals surface area (Å²) in [5.41, 5.74) is 19.1. The summed E-state index contributed by atoms with van der Waals surface area (Å²) < 4.78 is 39.0. The molecule has 4 rings (SSSR count). The number of nitrogen functional groups attached to an aromatic ring is 2. The number of rotatable bonds is 2. The van der Waals surface area contributed by atoms with Gasteiger partial charge in [-0.15, -0.1) is 24.8 Å². The first-order chi connectivity index (χ1) is 12.7. The quantitative estimate of drug-likeness (QED) is 0.606. The van der Waals surface area contributed by atoms with Crippen molar-refractivity contribution in [1.29, 1.82) is 0 Å². The molecule has 11 heteroatoms. The van der Waals surface area contributed by atoms with Crippen molar-refractivity contribution >= 4 is 42.0 Å². The minimum Gasteiger partial charge on any atom is -0.398 e. The molecule has 1 aromatic carbocycles. The Morgan fingerprint density at radius 2 is 1.69 bits per heavy atom. The molecule has 0 bridgehead atoms. The molecule has 1 atom stereocenters. The average Bonchev–Trinajstić information content (AvgIpc) is 3.21. The van der Waals surface area contributed by atoms with Gasteiger partial charge in [-0.25, -0.2) is 9.97 Å². The molecule has 1 unspecified atom stereocenters. The Morgan fingerprint density at radius 3 is 2.24 bits per heavy atom. The minimum absolute atomic E-state index is 0. The molecule has 0 amide bonds. The minimum atomic E-state index is -4.52. The first-order valence-electron chi connectivity index (χ1n) is 8.91. The number of anilines is 3. The van der Waals surface area contributed by atoms with Crippen molar-refractivity contribution in [3.05, 3.63) is 29.0 Å². The highest BCUT2D eigenvalue weighted by Crippen LogP contribution is 2.40. The maximum atomic E-state index is 13.0. The van der Waals surface area contributed by atoms with Gasteiger partial charge in [0.05, 0.1) is 11.1 Å². The fourth-order valence-corrected chi connectivity index (χ4v) is 3.88. The Labute approximate surface area is 178 Å². The Hall–Kier alpha value is -1.97. The van der Waals surface area contributed by atoms with Gasteiger partial charge in [0.15, 0.2) is 5.82 Å². The third-order valence-electron chi connectivity index (χ3n) is 5.19. The summed E-state index contributed by atoms with van der Waals surface area (Å²) in [6.45, 7) is 1.49. The molecule has 2 aliphatic rings. The van der Waals surface area contributed by atoms with E-state index in [-0.39, 0.29) is 53.6 Å². The summed E-state index contributed by atoms with van der Waals surface area (Å²) in [5, 5.41) is 0. The monoisotopic (exact) mass is 450 g/mol. The van der Waals surface area contributed by atoms with Crippen molar-refractivity contribution in [2.45, 2.75) is 37.9 Å². The lowest BCUT2D eigenvalue weighted by Crippen LogP contribution is -2.28. The van der Waals surface area contributed by atoms with Gasteiger partial charge in [-0.3, -0.25) is 0 Å². The third-order valence-corrected chi connectivity index (χ3v) is 5.19. The summed E-state index contributed by atoms with van der Waals surface area (Å²) in [6, 6.07) is 1.85. The van der Waals surface area contributed by atoms with Crippen LogP contribution in [-0.4, -0.2) is 29.1 Å². The molecule has 1 aromatic heterocycles. The van der Waals surface area contributed by atoms with Gasteiger partial charge in [0.1, 0.15) is 5.82 Å². The first kappa shape index (κ1) is 23.3. The van der Waals surface area contributed by atoms with Crippen LogP contribution in [0.25, 0.3) is 11.4 Å². The van der Waals surface area contributed by atoms with E-state index < -0.39 is 11.7 Å². The van der Waals surface area contributed by atoms with Crippen molar-refractivity contribution < 1.29 is 13.2 Å². The summed E-state index contributed by atoms with van der Waals surface area (Å²) in [5.74, 6) is 1.08. The Balaban J connectivity index is 0.00000150. The second-order valence-electron chi connectivity index (χ2n) is 7.17. The second kappa shape index (κ2) is 8.41. The smallest absolute Gasteiger partial charge is 0.398 e. The molecular weight excluding hydrogens is 428 g/mol. The highest BCUT2D eigenvalue weighted by atomic mass is 35.5. The molecule has 1 aliphatic heterocycles. The number of aryl methyl sites for hydroxylation is 1. The van der Waals surface area contributed by atoms with E-state index in [0.717, 1.165) is 61.4 Å². The van der Waals surface area contributed by atoms with Crippen molar-refractivity contribution in [1.82, 2.24) is 9.97 Å². The highest BCUT2D eigenvalue weighted by molar-refractivity contribution is 5.86. The zero-order chi connectivity index (χ0) is 19.3. The van der Waals surface area contributed by atoms with Crippen LogP contribution in [0.15, 0.2) is 12.1 Å². The van der Waals surface area contributed by atoms with Crippen LogP contribution in [0.5, 0.6) is 0 Å². The number of benzene rings is 1. The summed E-state index contributed by atoms with van der Waals surface area (Å²) >= 11 is 0. The lowest BCUT2D eigenvalue weighted by Gasteiger charge is -2.22. The Bertz CT molecular complexity index is 883. The number of hydrogen-bond donors (Lipinski definition) is 3. The van der Waals surface area contributed by atoms with E-state index in [4.69, 9.17) is 17.2 Å². The van der Waals surface area contributed by atoms with E-state index in [9.17, 15) is 13.2 Å². The molecule has 2 aromatic rings. The standard InChI is InChI=1S/C18H21F3N6.2ClH/c19-18(20,21)9-6-12(23)15(13(24)7-9)16-25-14-3-1-2-11(14)17(26-16)27-5-4-10(22)8-27;;/h6-7,10H,1-5,8,22-24H2;2*1H. The van der Waals surface area contributed by atoms with Crippen LogP contribution in [0.1, 0.15) is 29.7 Å². The maximum Gasteiger partial charge on any atom is 0.416 e. The van der Waals surface area contributed by atoms with E-state index in [2.05, 4.69) is 14.9 Å². The summed E-state index contributed by atoms with van der Waals surface area (Å²) in [6.07, 6.45) is -0.986. The van der Waals surface area contributed by atoms with Crippen molar-refractivity contribution in [3.8, 4) is 11.4 Å². The number of nitrogens with zero attached hydrogens (tertiary/aromatic N) is 3. The Morgan fingerprint density at radius 1 is 1.03 bits per heavy atom. The number of aromatic nitrogens is 2. The van der Waals surface area contributed by atoms with Crippen LogP contribution in [0.2, 0.25) is 0 Å². The van der Waals surface area contributed by atoms with E-state index in [1.165, 1.54) is 0 Å². The number of alkyl halides is 3. The predicted octanol–water partition coefficient (Wildman–Crippen LogP) is 3.20. The molecule has 2 heterocycles. The lowest BCUT2D eigenvalue weighted by molar-refractivity contribution is -0.137. The van der Waals surface area contributed by atoms with E-state index in [1.807, 2.05) is 0 Å². The van der Waals surface area contributed by atoms with E-state index in [0.29, 0.717) is 6.54 Å². The van der Waals surface area contributed by atoms with Gasteiger partial charge in [0.2, 0.25) is 0 Å². The molecule has 0 spiro atoms. The molecular formula is C18H23Cl2F3N6. The fraction of sp³-hybridized carbons (Fsp3) is 0.444. The topological polar surface area (TPSA) is 107 Å². The number of fused-ring (bicyclic) bond motifs is 1. The summed E-state index contributed by atoms with van der Waals surface area (Å²) in [7, 11) is 0. The SMILES string of the molecule is Cl.Cl.Nc1cc(C(F)(F)F)cc(N)c1-c1nc2c(c(N3CCC(N)C3)n1)CCC2. The molecule has 1 aliphatic carbocycles. The highest BCUT2D eigenvalue weighted by Gasteiger charge is 2.33. The molecule has 6 nitrogen and oxygen atoms in total. The third kappa shape index (κ3) is 4.31. The number of hydrogen-bond acceptors (Lipinski definition) is 6. The van der Waals surface area contributed by atoms with Crippen LogP contribution < -0.4 is 22.1 Å². The first-order valence-corrected chi connectivity index (χ1v) is 8.91. The predicted molar refractivity (Wildman–Crippen MR) is 113 cm³/mol. The zero-order valence-electron chi connectivity index (χ0n) is 15.5. The van der Waals surface area contributed by atoms with Crippen molar-refractivity contribution in [3.63, 3.8) is 0 Å². The van der Waals surface area contributed by atoms with Gasteiger partial charge in [-0.05, 0) is 37.8 Å². The second-order valence-corrected chi connectivity index (χ2v) is 7.17. The molecule has 1 saturated heterocycles. The van der Waals surface area contributed by atoms with Gasteiger partial charge in [-0.1, -0.05) is 0 Å². The van der Waals surface area contributed by atoms with Crippen LogP contribution in [0.3, 0.4) is 0 Å². The lowest BCUT2D eigenvalue weighted by atomic mass is 10.0. The van der Waals surface area contributed by atoms with Crippen molar-refractivity contribution in [2.75, 3.05) is 29.5 Å². The largest absolute Gasteiger partial charge is 0.416 e. The van der Waals surface area contributed by atoms with Gasteiger partial charge in [0, 0.05) is 41.8 Å². The molecule has 1 fully saturated rings. The van der Waals surface area contributed by atoms with Gasteiger partial charge >= 0.3 is 6.18 Å².